The summed E-state index contributed by atoms with van der Waals surface area (Å²) in [5, 5.41) is 3.69. The number of ether oxygens (including phenoxy) is 1. The molecule has 0 saturated carbocycles. The number of benzene rings is 3. The molecule has 1 fully saturated rings. The van der Waals surface area contributed by atoms with Crippen molar-refractivity contribution in [3.63, 3.8) is 0 Å². The van der Waals surface area contributed by atoms with Crippen molar-refractivity contribution in [2.24, 2.45) is 0 Å². The lowest BCUT2D eigenvalue weighted by Gasteiger charge is -2.32. The fraction of sp³-hybridized carbons (Fsp3) is 0.310. The topological polar surface area (TPSA) is 58.6 Å². The number of carbonyl (C=O) groups excluding carboxylic acids is 2. The van der Waals surface area contributed by atoms with Crippen LogP contribution >= 0.6 is 11.6 Å². The highest BCUT2D eigenvalue weighted by atomic mass is 35.5. The SMILES string of the molecule is O=C(NC[C@H]1CCCO1)[C@H](Cc1ccccc1)N(Cc1ccccc1)C(=O)Cc1ccc(Cl)cc1. The highest BCUT2D eigenvalue weighted by Crippen LogP contribution is 2.18. The zero-order chi connectivity index (χ0) is 24.5. The first kappa shape index (κ1) is 25.0. The monoisotopic (exact) mass is 490 g/mol. The van der Waals surface area contributed by atoms with Crippen LogP contribution in [0.25, 0.3) is 0 Å². The van der Waals surface area contributed by atoms with E-state index in [1.54, 1.807) is 17.0 Å². The molecule has 0 spiro atoms. The molecule has 0 aliphatic carbocycles. The molecule has 2 atom stereocenters. The summed E-state index contributed by atoms with van der Waals surface area (Å²) >= 11 is 6.03. The second-order valence-electron chi connectivity index (χ2n) is 8.90. The van der Waals surface area contributed by atoms with Gasteiger partial charge in [0.05, 0.1) is 12.5 Å². The van der Waals surface area contributed by atoms with Gasteiger partial charge < -0.3 is 15.0 Å². The van der Waals surface area contributed by atoms with Gasteiger partial charge in [-0.1, -0.05) is 84.4 Å². The Kier molecular flexibility index (Phi) is 8.93. The van der Waals surface area contributed by atoms with Crippen LogP contribution in [0.5, 0.6) is 0 Å². The number of rotatable bonds is 10. The minimum Gasteiger partial charge on any atom is -0.376 e. The maximum absolute atomic E-state index is 13.7. The van der Waals surface area contributed by atoms with Gasteiger partial charge in [-0.15, -0.1) is 0 Å². The van der Waals surface area contributed by atoms with Crippen molar-refractivity contribution in [1.82, 2.24) is 10.2 Å². The van der Waals surface area contributed by atoms with Gasteiger partial charge in [-0.25, -0.2) is 0 Å². The Labute approximate surface area is 212 Å². The molecule has 3 aromatic rings. The predicted octanol–water partition coefficient (Wildman–Crippen LogP) is 4.82. The third kappa shape index (κ3) is 7.41. The quantitative estimate of drug-likeness (QED) is 0.443. The van der Waals surface area contributed by atoms with Gasteiger partial charge in [0.25, 0.3) is 0 Å². The van der Waals surface area contributed by atoms with E-state index < -0.39 is 6.04 Å². The molecule has 1 aliphatic rings. The molecule has 0 bridgehead atoms. The number of hydrogen-bond donors (Lipinski definition) is 1. The molecule has 6 heteroatoms. The van der Waals surface area contributed by atoms with Gasteiger partial charge >= 0.3 is 0 Å². The molecule has 2 amide bonds. The molecule has 1 saturated heterocycles. The minimum absolute atomic E-state index is 0.0312. The predicted molar refractivity (Wildman–Crippen MR) is 138 cm³/mol. The van der Waals surface area contributed by atoms with Crippen molar-refractivity contribution in [1.29, 1.82) is 0 Å². The van der Waals surface area contributed by atoms with E-state index in [-0.39, 0.29) is 24.3 Å². The molecule has 0 radical (unpaired) electrons. The van der Waals surface area contributed by atoms with Crippen molar-refractivity contribution < 1.29 is 14.3 Å². The summed E-state index contributed by atoms with van der Waals surface area (Å²) in [5.41, 5.74) is 2.83. The normalized spacial score (nSPS) is 16.0. The lowest BCUT2D eigenvalue weighted by Crippen LogP contribution is -2.52. The van der Waals surface area contributed by atoms with Gasteiger partial charge in [-0.3, -0.25) is 9.59 Å². The number of nitrogens with zero attached hydrogens (tertiary/aromatic N) is 1. The van der Waals surface area contributed by atoms with E-state index in [4.69, 9.17) is 16.3 Å². The number of hydrogen-bond acceptors (Lipinski definition) is 3. The minimum atomic E-state index is -0.654. The molecule has 4 rings (SSSR count). The van der Waals surface area contributed by atoms with Crippen LogP contribution in [-0.2, 0) is 33.7 Å². The van der Waals surface area contributed by atoms with Crippen LogP contribution in [0, 0.1) is 0 Å². The fourth-order valence-corrected chi connectivity index (χ4v) is 4.48. The fourth-order valence-electron chi connectivity index (χ4n) is 4.35. The zero-order valence-electron chi connectivity index (χ0n) is 19.7. The third-order valence-electron chi connectivity index (χ3n) is 6.26. The van der Waals surface area contributed by atoms with E-state index in [2.05, 4.69) is 5.32 Å². The Morgan fingerprint density at radius 2 is 1.57 bits per heavy atom. The summed E-state index contributed by atoms with van der Waals surface area (Å²) < 4.78 is 5.69. The van der Waals surface area contributed by atoms with Crippen LogP contribution in [0.3, 0.4) is 0 Å². The van der Waals surface area contributed by atoms with Crippen LogP contribution in [0.2, 0.25) is 5.02 Å². The second kappa shape index (κ2) is 12.5. The Morgan fingerprint density at radius 3 is 2.20 bits per heavy atom. The molecule has 1 aliphatic heterocycles. The molecule has 5 nitrogen and oxygen atoms in total. The first-order chi connectivity index (χ1) is 17.1. The standard InChI is InChI=1S/C29H31ClN2O3/c30-25-15-13-23(14-16-25)19-28(33)32(21-24-10-5-2-6-11-24)27(18-22-8-3-1-4-9-22)29(34)31-20-26-12-7-17-35-26/h1-6,8-11,13-16,26-27H,7,12,17-21H2,(H,31,34)/t26-,27+/m1/s1. The average molecular weight is 491 g/mol. The summed E-state index contributed by atoms with van der Waals surface area (Å²) in [6.45, 7) is 1.53. The molecule has 1 heterocycles. The summed E-state index contributed by atoms with van der Waals surface area (Å²) in [5.74, 6) is -0.269. The van der Waals surface area contributed by atoms with Crippen LogP contribution < -0.4 is 5.32 Å². The van der Waals surface area contributed by atoms with Gasteiger partial charge in [0.1, 0.15) is 6.04 Å². The molecule has 1 N–H and O–H groups in total. The van der Waals surface area contributed by atoms with Crippen LogP contribution in [0.4, 0.5) is 0 Å². The Balaban J connectivity index is 1.60. The van der Waals surface area contributed by atoms with Gasteiger partial charge in [-0.05, 0) is 41.7 Å². The molecular weight excluding hydrogens is 460 g/mol. The van der Waals surface area contributed by atoms with E-state index in [0.717, 1.165) is 36.1 Å². The largest absolute Gasteiger partial charge is 0.376 e. The third-order valence-corrected chi connectivity index (χ3v) is 6.52. The summed E-state index contributed by atoms with van der Waals surface area (Å²) in [6.07, 6.45) is 2.59. The summed E-state index contributed by atoms with van der Waals surface area (Å²) in [4.78, 5) is 29.0. The highest BCUT2D eigenvalue weighted by molar-refractivity contribution is 6.30. The lowest BCUT2D eigenvalue weighted by molar-refractivity contribution is -0.141. The number of carbonyl (C=O) groups is 2. The van der Waals surface area contributed by atoms with Crippen LogP contribution in [0.1, 0.15) is 29.5 Å². The summed E-state index contributed by atoms with van der Waals surface area (Å²) in [6, 6.07) is 26.2. The van der Waals surface area contributed by atoms with E-state index in [1.807, 2.05) is 72.8 Å². The molecule has 3 aromatic carbocycles. The first-order valence-electron chi connectivity index (χ1n) is 12.1. The smallest absolute Gasteiger partial charge is 0.243 e. The first-order valence-corrected chi connectivity index (χ1v) is 12.5. The zero-order valence-corrected chi connectivity index (χ0v) is 20.5. The average Bonchev–Trinajstić information content (AvgIpc) is 3.41. The van der Waals surface area contributed by atoms with Crippen molar-refractivity contribution in [3.8, 4) is 0 Å². The van der Waals surface area contributed by atoms with Crippen molar-refractivity contribution in [2.45, 2.75) is 44.4 Å². The molecule has 0 unspecified atom stereocenters. The van der Waals surface area contributed by atoms with Gasteiger partial charge in [0.15, 0.2) is 0 Å². The number of nitrogens with one attached hydrogen (secondary N) is 1. The Morgan fingerprint density at radius 1 is 0.914 bits per heavy atom. The highest BCUT2D eigenvalue weighted by Gasteiger charge is 2.31. The molecule has 182 valence electrons. The van der Waals surface area contributed by atoms with Crippen molar-refractivity contribution in [3.05, 3.63) is 107 Å². The van der Waals surface area contributed by atoms with Crippen LogP contribution in [-0.4, -0.2) is 42.0 Å². The van der Waals surface area contributed by atoms with Gasteiger partial charge in [0, 0.05) is 31.1 Å². The number of amides is 2. The van der Waals surface area contributed by atoms with Gasteiger partial charge in [-0.2, -0.15) is 0 Å². The summed E-state index contributed by atoms with van der Waals surface area (Å²) in [7, 11) is 0. The van der Waals surface area contributed by atoms with E-state index in [0.29, 0.717) is 24.5 Å². The Hall–Kier alpha value is -3.15. The van der Waals surface area contributed by atoms with Crippen molar-refractivity contribution in [2.75, 3.05) is 13.2 Å². The Bertz CT molecular complexity index is 1080. The number of halogens is 1. The molecule has 0 aromatic heterocycles. The maximum Gasteiger partial charge on any atom is 0.243 e. The van der Waals surface area contributed by atoms with Crippen LogP contribution in [0.15, 0.2) is 84.9 Å². The van der Waals surface area contributed by atoms with Crippen molar-refractivity contribution >= 4 is 23.4 Å². The van der Waals surface area contributed by atoms with E-state index in [9.17, 15) is 9.59 Å². The van der Waals surface area contributed by atoms with Gasteiger partial charge in [0.2, 0.25) is 11.8 Å². The molecule has 35 heavy (non-hydrogen) atoms. The molecular formula is C29H31ClN2O3. The van der Waals surface area contributed by atoms with E-state index >= 15 is 0 Å². The maximum atomic E-state index is 13.7. The second-order valence-corrected chi connectivity index (χ2v) is 9.33. The van der Waals surface area contributed by atoms with E-state index in [1.165, 1.54) is 0 Å². The lowest BCUT2D eigenvalue weighted by atomic mass is 10.0.